The number of ketones is 1. The van der Waals surface area contributed by atoms with Crippen molar-refractivity contribution in [3.63, 3.8) is 0 Å². The van der Waals surface area contributed by atoms with Gasteiger partial charge in [0.1, 0.15) is 17.4 Å². The van der Waals surface area contributed by atoms with Gasteiger partial charge < -0.3 is 30.7 Å². The fourth-order valence-corrected chi connectivity index (χ4v) is 5.00. The van der Waals surface area contributed by atoms with Gasteiger partial charge in [-0.1, -0.05) is 0 Å². The quantitative estimate of drug-likeness (QED) is 0.273. The first-order valence-electron chi connectivity index (χ1n) is 11.7. The van der Waals surface area contributed by atoms with Crippen LogP contribution in [-0.2, 0) is 20.8 Å². The molecule has 1 fully saturated rings. The summed E-state index contributed by atoms with van der Waals surface area (Å²) in [7, 11) is -1.78. The molecule has 0 saturated carbocycles. The highest BCUT2D eigenvalue weighted by Gasteiger charge is 2.42. The number of carbonyl (C=O) groups excluding carboxylic acids is 4. The van der Waals surface area contributed by atoms with E-state index in [1.165, 1.54) is 10.3 Å². The second kappa shape index (κ2) is 10.9. The van der Waals surface area contributed by atoms with Gasteiger partial charge in [0.25, 0.3) is 0 Å². The number of aromatic nitrogens is 1. The minimum atomic E-state index is -1.80. The molecule has 2 atom stereocenters. The summed E-state index contributed by atoms with van der Waals surface area (Å²) in [5.41, 5.74) is 4.55. The number of halogens is 2. The number of carbonyl (C=O) groups is 5. The Kier molecular flexibility index (Phi) is 7.83. The maximum Gasteiger partial charge on any atom is 0.526 e. The molecule has 4 rings (SSSR count). The van der Waals surface area contributed by atoms with Crippen LogP contribution in [0.2, 0.25) is 5.82 Å². The maximum absolute atomic E-state index is 14.1. The average Bonchev–Trinajstić information content (AvgIpc) is 3.31. The molecule has 0 spiro atoms. The molecule has 0 radical (unpaired) electrons. The Morgan fingerprint density at radius 2 is 2.03 bits per heavy atom. The molecule has 5 N–H and O–H groups in total. The molecule has 17 heteroatoms. The lowest BCUT2D eigenvalue weighted by molar-refractivity contribution is -0.153. The zero-order chi connectivity index (χ0) is 28.6. The second-order valence-corrected chi connectivity index (χ2v) is 9.71. The number of hydrogen-bond donors (Lipinski definition) is 4. The summed E-state index contributed by atoms with van der Waals surface area (Å²) < 4.78 is 33.3. The van der Waals surface area contributed by atoms with Gasteiger partial charge in [0.15, 0.2) is 22.5 Å². The standard InChI is InChI=1S/C22H22BF2N5O8S/c1-2-29-3-4-30(19(33)18(29)32)22(36)28-16(12-8-39-21(26)27-12)13(31)7-10-5-9-6-11(24)15(25)14(20(34)35)17(9)38-23(10)37/h6,8,10,16,37H,2-5,7H2,1H3,(H2,26,27)(H,28,36)(H,34,35)/t10-,16?/m1/s1. The topological polar surface area (TPSA) is 192 Å². The van der Waals surface area contributed by atoms with Crippen LogP contribution in [0.3, 0.4) is 0 Å². The van der Waals surface area contributed by atoms with E-state index in [0.29, 0.717) is 4.90 Å². The molecule has 13 nitrogen and oxygen atoms in total. The molecule has 2 aromatic rings. The van der Waals surface area contributed by atoms with Crippen LogP contribution in [0, 0.1) is 11.6 Å². The van der Waals surface area contributed by atoms with E-state index in [9.17, 15) is 42.9 Å². The molecule has 1 aromatic carbocycles. The molecule has 39 heavy (non-hydrogen) atoms. The predicted molar refractivity (Wildman–Crippen MR) is 131 cm³/mol. The number of carboxylic acid groups (broad SMARTS) is 1. The zero-order valence-corrected chi connectivity index (χ0v) is 21.2. The van der Waals surface area contributed by atoms with Gasteiger partial charge in [-0.3, -0.25) is 19.3 Å². The smallest absolute Gasteiger partial charge is 0.526 e. The molecule has 2 aliphatic heterocycles. The van der Waals surface area contributed by atoms with Gasteiger partial charge in [-0.05, 0) is 25.0 Å². The summed E-state index contributed by atoms with van der Waals surface area (Å²) >= 11 is 0.977. The number of nitrogens with zero attached hydrogens (tertiary/aromatic N) is 3. The lowest BCUT2D eigenvalue weighted by atomic mass is 9.64. The molecule has 0 bridgehead atoms. The first-order valence-corrected chi connectivity index (χ1v) is 12.5. The number of nitrogens with two attached hydrogens (primary N) is 1. The largest absolute Gasteiger partial charge is 0.535 e. The van der Waals surface area contributed by atoms with E-state index in [1.807, 2.05) is 0 Å². The summed E-state index contributed by atoms with van der Waals surface area (Å²) in [6, 6.07) is -1.76. The SMILES string of the molecule is CCN1CCN(C(=O)NC(C(=O)C[C@H]2Cc3cc(F)c(F)c(C(=O)O)c3OB2O)c2csc(N)n2)C(=O)C1=O. The number of nitrogens with one attached hydrogen (secondary N) is 1. The number of Topliss-reactive ketones (excluding diaryl/α,β-unsaturated/α-hetero) is 1. The fraction of sp³-hybridized carbons (Fsp3) is 0.364. The third-order valence-electron chi connectivity index (χ3n) is 6.41. The van der Waals surface area contributed by atoms with Crippen molar-refractivity contribution in [2.75, 3.05) is 25.4 Å². The molecule has 3 heterocycles. The molecule has 1 aromatic heterocycles. The third kappa shape index (κ3) is 5.40. The van der Waals surface area contributed by atoms with Crippen molar-refractivity contribution < 1.29 is 47.5 Å². The van der Waals surface area contributed by atoms with E-state index in [2.05, 4.69) is 10.3 Å². The van der Waals surface area contributed by atoms with E-state index < -0.39 is 77.9 Å². The highest BCUT2D eigenvalue weighted by molar-refractivity contribution is 7.13. The van der Waals surface area contributed by atoms with Crippen molar-refractivity contribution >= 4 is 53.2 Å². The van der Waals surface area contributed by atoms with Crippen molar-refractivity contribution in [2.45, 2.75) is 31.6 Å². The van der Waals surface area contributed by atoms with Gasteiger partial charge in [0.05, 0.1) is 5.69 Å². The Morgan fingerprint density at radius 1 is 1.31 bits per heavy atom. The van der Waals surface area contributed by atoms with Crippen molar-refractivity contribution in [3.05, 3.63) is 39.9 Å². The van der Waals surface area contributed by atoms with Gasteiger partial charge in [-0.15, -0.1) is 11.3 Å². The number of hydrogen-bond acceptors (Lipinski definition) is 10. The zero-order valence-electron chi connectivity index (χ0n) is 20.3. The molecule has 1 unspecified atom stereocenters. The van der Waals surface area contributed by atoms with Crippen LogP contribution in [-0.4, -0.2) is 81.3 Å². The molecular weight excluding hydrogens is 543 g/mol. The monoisotopic (exact) mass is 565 g/mol. The first-order chi connectivity index (χ1) is 18.4. The summed E-state index contributed by atoms with van der Waals surface area (Å²) in [6.07, 6.45) is -0.744. The first kappa shape index (κ1) is 27.9. The van der Waals surface area contributed by atoms with Crippen molar-refractivity contribution in [2.24, 2.45) is 0 Å². The molecule has 0 aliphatic carbocycles. The van der Waals surface area contributed by atoms with Gasteiger partial charge in [0.2, 0.25) is 0 Å². The minimum Gasteiger partial charge on any atom is -0.535 e. The third-order valence-corrected chi connectivity index (χ3v) is 7.10. The van der Waals surface area contributed by atoms with E-state index in [4.69, 9.17) is 10.4 Å². The number of carboxylic acids is 1. The van der Waals surface area contributed by atoms with Crippen LogP contribution >= 0.6 is 11.3 Å². The molecular formula is C22H22BF2N5O8S. The van der Waals surface area contributed by atoms with Crippen LogP contribution in [0.5, 0.6) is 5.75 Å². The number of piperazine rings is 1. The summed E-state index contributed by atoms with van der Waals surface area (Å²) in [6.45, 7) is 1.96. The number of rotatable bonds is 7. The van der Waals surface area contributed by atoms with Crippen LogP contribution in [0.25, 0.3) is 0 Å². The number of urea groups is 1. The Balaban J connectivity index is 1.56. The van der Waals surface area contributed by atoms with E-state index >= 15 is 0 Å². The van der Waals surface area contributed by atoms with Gasteiger partial charge in [-0.2, -0.15) is 0 Å². The van der Waals surface area contributed by atoms with Crippen LogP contribution in [0.1, 0.15) is 41.0 Å². The average molecular weight is 565 g/mol. The Bertz CT molecular complexity index is 1370. The highest BCUT2D eigenvalue weighted by Crippen LogP contribution is 2.39. The lowest BCUT2D eigenvalue weighted by Gasteiger charge is -2.33. The van der Waals surface area contributed by atoms with E-state index in [1.54, 1.807) is 6.92 Å². The number of nitrogen functional groups attached to an aromatic ring is 1. The minimum absolute atomic E-state index is 0.0368. The van der Waals surface area contributed by atoms with Gasteiger partial charge in [-0.25, -0.2) is 23.4 Å². The summed E-state index contributed by atoms with van der Waals surface area (Å²) in [4.78, 5) is 68.4. The van der Waals surface area contributed by atoms with Gasteiger partial charge >= 0.3 is 30.9 Å². The number of anilines is 1. The number of imide groups is 1. The summed E-state index contributed by atoms with van der Waals surface area (Å²) in [5, 5.41) is 23.6. The normalized spacial score (nSPS) is 17.9. The highest BCUT2D eigenvalue weighted by atomic mass is 32.1. The number of fused-ring (bicyclic) bond motifs is 1. The van der Waals surface area contributed by atoms with Gasteiger partial charge in [0, 0.05) is 37.3 Å². The van der Waals surface area contributed by atoms with Crippen molar-refractivity contribution in [3.8, 4) is 5.75 Å². The number of thiazole rings is 1. The molecule has 206 valence electrons. The van der Waals surface area contributed by atoms with Crippen molar-refractivity contribution in [1.82, 2.24) is 20.1 Å². The van der Waals surface area contributed by atoms with Crippen LogP contribution in [0.15, 0.2) is 11.4 Å². The molecule has 2 aliphatic rings. The number of aromatic carboxylic acids is 1. The Hall–Kier alpha value is -4.12. The number of amides is 4. The van der Waals surface area contributed by atoms with E-state index in [0.717, 1.165) is 17.4 Å². The Morgan fingerprint density at radius 3 is 2.64 bits per heavy atom. The Labute approximate surface area is 223 Å². The fourth-order valence-electron chi connectivity index (χ4n) is 4.41. The molecule has 4 amide bonds. The number of likely N-dealkylation sites (N-methyl/N-ethyl adjacent to an activating group) is 1. The maximum atomic E-state index is 14.1. The second-order valence-electron chi connectivity index (χ2n) is 8.82. The van der Waals surface area contributed by atoms with Crippen LogP contribution in [0.4, 0.5) is 18.7 Å². The van der Waals surface area contributed by atoms with Crippen molar-refractivity contribution in [1.29, 1.82) is 0 Å². The molecule has 1 saturated heterocycles. The predicted octanol–water partition coefficient (Wildman–Crippen LogP) is 0.588. The van der Waals surface area contributed by atoms with Crippen LogP contribution < -0.4 is 15.7 Å². The number of benzene rings is 1. The van der Waals surface area contributed by atoms with E-state index in [-0.39, 0.29) is 42.4 Å². The lowest BCUT2D eigenvalue weighted by Crippen LogP contribution is -2.58. The summed E-state index contributed by atoms with van der Waals surface area (Å²) in [5.74, 6) is -9.15.